The van der Waals surface area contributed by atoms with Crippen molar-refractivity contribution in [2.75, 3.05) is 6.61 Å². The molecule has 1 aromatic rings. The van der Waals surface area contributed by atoms with Crippen molar-refractivity contribution in [1.82, 2.24) is 0 Å². The molecule has 0 heterocycles. The first-order chi connectivity index (χ1) is 8.40. The van der Waals surface area contributed by atoms with E-state index >= 15 is 0 Å². The largest absolute Gasteiger partial charge is 0.494 e. The molecule has 0 saturated heterocycles. The van der Waals surface area contributed by atoms with E-state index < -0.39 is 17.4 Å². The molecule has 18 heavy (non-hydrogen) atoms. The van der Waals surface area contributed by atoms with Crippen LogP contribution >= 0.6 is 0 Å². The topological polar surface area (TPSA) is 83.8 Å². The Labute approximate surface area is 105 Å². The van der Waals surface area contributed by atoms with Gasteiger partial charge in [0.15, 0.2) is 5.41 Å². The third-order valence-corrected chi connectivity index (χ3v) is 2.74. The van der Waals surface area contributed by atoms with E-state index in [1.54, 1.807) is 24.3 Å². The predicted molar refractivity (Wildman–Crippen MR) is 64.7 cm³/mol. The smallest absolute Gasteiger partial charge is 0.321 e. The summed E-state index contributed by atoms with van der Waals surface area (Å²) in [4.78, 5) is 22.1. The van der Waals surface area contributed by atoms with Gasteiger partial charge in [-0.2, -0.15) is 0 Å². The molecule has 0 amide bonds. The van der Waals surface area contributed by atoms with E-state index in [9.17, 15) is 9.59 Å². The molecule has 5 nitrogen and oxygen atoms in total. The number of ether oxygens (including phenoxy) is 1. The molecule has 0 aromatic heterocycles. The van der Waals surface area contributed by atoms with Crippen LogP contribution < -0.4 is 4.74 Å². The van der Waals surface area contributed by atoms with Crippen LogP contribution in [0.4, 0.5) is 0 Å². The van der Waals surface area contributed by atoms with Gasteiger partial charge < -0.3 is 14.9 Å². The number of carboxylic acids is 2. The van der Waals surface area contributed by atoms with E-state index in [4.69, 9.17) is 14.9 Å². The van der Waals surface area contributed by atoms with Gasteiger partial charge in [0.2, 0.25) is 0 Å². The molecule has 0 radical (unpaired) electrons. The average Bonchev–Trinajstić information content (AvgIpc) is 2.31. The van der Waals surface area contributed by atoms with E-state index in [0.29, 0.717) is 17.9 Å². The van der Waals surface area contributed by atoms with Crippen LogP contribution in [-0.2, 0) is 16.0 Å². The van der Waals surface area contributed by atoms with Crippen LogP contribution in [0.2, 0.25) is 0 Å². The highest BCUT2D eigenvalue weighted by atomic mass is 16.5. The molecular weight excluding hydrogens is 236 g/mol. The van der Waals surface area contributed by atoms with Crippen LogP contribution in [0.25, 0.3) is 0 Å². The Kier molecular flexibility index (Phi) is 4.31. The lowest BCUT2D eigenvalue weighted by molar-refractivity contribution is -0.163. The lowest BCUT2D eigenvalue weighted by Crippen LogP contribution is -2.38. The Morgan fingerprint density at radius 3 is 2.06 bits per heavy atom. The number of aliphatic carboxylic acids is 2. The first-order valence-corrected chi connectivity index (χ1v) is 5.58. The third-order valence-electron chi connectivity index (χ3n) is 2.74. The third kappa shape index (κ3) is 3.00. The normalized spacial score (nSPS) is 11.0. The minimum atomic E-state index is -1.81. The molecule has 0 aliphatic heterocycles. The molecule has 0 spiro atoms. The SMILES string of the molecule is CCOc1ccc(CC(C)(C(=O)O)C(=O)O)cc1. The summed E-state index contributed by atoms with van der Waals surface area (Å²) in [5.74, 6) is -2.01. The summed E-state index contributed by atoms with van der Waals surface area (Å²) in [5.41, 5.74) is -1.17. The van der Waals surface area contributed by atoms with Crippen molar-refractivity contribution in [2.24, 2.45) is 5.41 Å². The van der Waals surface area contributed by atoms with Gasteiger partial charge in [0, 0.05) is 0 Å². The van der Waals surface area contributed by atoms with Crippen molar-refractivity contribution >= 4 is 11.9 Å². The maximum absolute atomic E-state index is 11.0. The Morgan fingerprint density at radius 1 is 1.17 bits per heavy atom. The second-order valence-corrected chi connectivity index (χ2v) is 4.20. The van der Waals surface area contributed by atoms with Gasteiger partial charge >= 0.3 is 11.9 Å². The van der Waals surface area contributed by atoms with E-state index in [2.05, 4.69) is 0 Å². The Bertz CT molecular complexity index is 421. The van der Waals surface area contributed by atoms with Crippen molar-refractivity contribution in [3.8, 4) is 5.75 Å². The molecule has 5 heteroatoms. The number of benzene rings is 1. The minimum Gasteiger partial charge on any atom is -0.494 e. The van der Waals surface area contributed by atoms with E-state index in [0.717, 1.165) is 0 Å². The quantitative estimate of drug-likeness (QED) is 0.754. The first-order valence-electron chi connectivity index (χ1n) is 5.58. The molecule has 0 atom stereocenters. The average molecular weight is 252 g/mol. The summed E-state index contributed by atoms with van der Waals surface area (Å²) < 4.78 is 5.25. The van der Waals surface area contributed by atoms with Crippen LogP contribution in [0.5, 0.6) is 5.75 Å². The van der Waals surface area contributed by atoms with Crippen molar-refractivity contribution < 1.29 is 24.5 Å². The molecule has 0 aliphatic rings. The Balaban J connectivity index is 2.89. The zero-order chi connectivity index (χ0) is 13.8. The molecule has 0 unspecified atom stereocenters. The van der Waals surface area contributed by atoms with Gasteiger partial charge in [0.1, 0.15) is 5.75 Å². The molecular formula is C13H16O5. The van der Waals surface area contributed by atoms with E-state index in [-0.39, 0.29) is 6.42 Å². The summed E-state index contributed by atoms with van der Waals surface area (Å²) >= 11 is 0. The Morgan fingerprint density at radius 2 is 1.67 bits per heavy atom. The molecule has 98 valence electrons. The van der Waals surface area contributed by atoms with Gasteiger partial charge in [-0.05, 0) is 38.0 Å². The fourth-order valence-electron chi connectivity index (χ4n) is 1.52. The molecule has 0 aliphatic carbocycles. The zero-order valence-electron chi connectivity index (χ0n) is 10.3. The first kappa shape index (κ1) is 14.0. The van der Waals surface area contributed by atoms with Crippen LogP contribution in [0.15, 0.2) is 24.3 Å². The fraction of sp³-hybridized carbons (Fsp3) is 0.385. The van der Waals surface area contributed by atoms with Crippen molar-refractivity contribution in [2.45, 2.75) is 20.3 Å². The summed E-state index contributed by atoms with van der Waals surface area (Å²) in [5, 5.41) is 18.0. The lowest BCUT2D eigenvalue weighted by Gasteiger charge is -2.19. The maximum atomic E-state index is 11.0. The fourth-order valence-corrected chi connectivity index (χ4v) is 1.52. The van der Waals surface area contributed by atoms with Gasteiger partial charge in [-0.15, -0.1) is 0 Å². The summed E-state index contributed by atoms with van der Waals surface area (Å²) in [7, 11) is 0. The van der Waals surface area contributed by atoms with Crippen LogP contribution in [-0.4, -0.2) is 28.8 Å². The highest BCUT2D eigenvalue weighted by Crippen LogP contribution is 2.24. The van der Waals surface area contributed by atoms with Gasteiger partial charge in [0.25, 0.3) is 0 Å². The number of carboxylic acid groups (broad SMARTS) is 2. The van der Waals surface area contributed by atoms with Gasteiger partial charge in [-0.25, -0.2) is 0 Å². The monoisotopic (exact) mass is 252 g/mol. The second kappa shape index (κ2) is 5.53. The number of hydrogen-bond acceptors (Lipinski definition) is 3. The minimum absolute atomic E-state index is 0.0654. The number of hydrogen-bond donors (Lipinski definition) is 2. The summed E-state index contributed by atoms with van der Waals surface area (Å²) in [6, 6.07) is 6.75. The van der Waals surface area contributed by atoms with Crippen molar-refractivity contribution in [3.63, 3.8) is 0 Å². The molecule has 2 N–H and O–H groups in total. The number of rotatable bonds is 6. The second-order valence-electron chi connectivity index (χ2n) is 4.20. The van der Waals surface area contributed by atoms with Crippen molar-refractivity contribution in [3.05, 3.63) is 29.8 Å². The zero-order valence-corrected chi connectivity index (χ0v) is 10.3. The van der Waals surface area contributed by atoms with E-state index in [1.807, 2.05) is 6.92 Å². The molecule has 0 saturated carbocycles. The summed E-state index contributed by atoms with van der Waals surface area (Å²) in [6.45, 7) is 3.61. The van der Waals surface area contributed by atoms with E-state index in [1.165, 1.54) is 6.92 Å². The van der Waals surface area contributed by atoms with Gasteiger partial charge in [-0.1, -0.05) is 12.1 Å². The highest BCUT2D eigenvalue weighted by molar-refractivity contribution is 5.98. The van der Waals surface area contributed by atoms with Crippen LogP contribution in [0.3, 0.4) is 0 Å². The molecule has 0 fully saturated rings. The maximum Gasteiger partial charge on any atom is 0.321 e. The van der Waals surface area contributed by atoms with Crippen LogP contribution in [0.1, 0.15) is 19.4 Å². The van der Waals surface area contributed by atoms with Crippen LogP contribution in [0, 0.1) is 5.41 Å². The standard InChI is InChI=1S/C13H16O5/c1-3-18-10-6-4-9(5-7-10)8-13(2,11(14)15)12(16)17/h4-7H,3,8H2,1-2H3,(H,14,15)(H,16,17). The molecule has 0 bridgehead atoms. The number of carbonyl (C=O) groups is 2. The predicted octanol–water partition coefficient (Wildman–Crippen LogP) is 1.80. The van der Waals surface area contributed by atoms with Gasteiger partial charge in [-0.3, -0.25) is 9.59 Å². The lowest BCUT2D eigenvalue weighted by atomic mass is 9.84. The highest BCUT2D eigenvalue weighted by Gasteiger charge is 2.41. The van der Waals surface area contributed by atoms with Gasteiger partial charge in [0.05, 0.1) is 6.61 Å². The molecule has 1 aromatic carbocycles. The summed E-state index contributed by atoms with van der Waals surface area (Å²) in [6.07, 6.45) is -0.0654. The molecule has 1 rings (SSSR count). The Hall–Kier alpha value is -2.04. The van der Waals surface area contributed by atoms with Crippen molar-refractivity contribution in [1.29, 1.82) is 0 Å².